The zero-order chi connectivity index (χ0) is 20.9. The van der Waals surface area contributed by atoms with Gasteiger partial charge in [0.25, 0.3) is 0 Å². The summed E-state index contributed by atoms with van der Waals surface area (Å²) in [6.45, 7) is 4.17. The van der Waals surface area contributed by atoms with Crippen LogP contribution in [0, 0.1) is 0 Å². The molecule has 0 rings (SSSR count). The molecule has 0 aliphatic heterocycles. The highest BCUT2D eigenvalue weighted by molar-refractivity contribution is 5.59. The Kier molecular flexibility index (Phi) is 19.1. The van der Waals surface area contributed by atoms with Gasteiger partial charge in [-0.1, -0.05) is 25.7 Å². The summed E-state index contributed by atoms with van der Waals surface area (Å²) in [7, 11) is 2.62. The molecule has 0 heterocycles. The third kappa shape index (κ3) is 17.9. The number of rotatable bonds is 18. The topological polar surface area (TPSA) is 94.5 Å². The van der Waals surface area contributed by atoms with Crippen LogP contribution < -0.4 is 0 Å². The molecule has 8 heteroatoms. The van der Waals surface area contributed by atoms with Crippen molar-refractivity contribution in [2.75, 3.05) is 53.7 Å². The zero-order valence-corrected chi connectivity index (χ0v) is 17.7. The lowest BCUT2D eigenvalue weighted by Crippen LogP contribution is -2.27. The van der Waals surface area contributed by atoms with E-state index in [1.54, 1.807) is 0 Å². The fourth-order valence-corrected chi connectivity index (χ4v) is 2.79. The quantitative estimate of drug-likeness (QED) is 0.272. The maximum atomic E-state index is 10.8. The Hall–Kier alpha value is -1.54. The molecule has 0 aromatic carbocycles. The lowest BCUT2D eigenvalue weighted by Gasteiger charge is -2.22. The van der Waals surface area contributed by atoms with Crippen molar-refractivity contribution >= 4 is 12.3 Å². The van der Waals surface area contributed by atoms with Crippen LogP contribution in [-0.2, 0) is 18.9 Å². The fourth-order valence-electron chi connectivity index (χ4n) is 2.79. The Bertz CT molecular complexity index is 350. The van der Waals surface area contributed by atoms with Crippen molar-refractivity contribution in [1.82, 2.24) is 4.90 Å². The van der Waals surface area contributed by atoms with Gasteiger partial charge in [-0.05, 0) is 58.2 Å². The standard InChI is InChI=1S/C20H39NO7/c1-25-19(23)27-17-11-5-3-7-13-21(15-9-10-16-22)14-8-4-6-12-18-28-20(24)26-2/h22H,3-18H2,1-2H3. The Morgan fingerprint density at radius 2 is 1.04 bits per heavy atom. The molecule has 0 fully saturated rings. The minimum absolute atomic E-state index is 0.244. The number of aliphatic hydroxyl groups excluding tert-OH is 1. The van der Waals surface area contributed by atoms with Crippen LogP contribution in [0.15, 0.2) is 0 Å². The number of hydrogen-bond acceptors (Lipinski definition) is 8. The van der Waals surface area contributed by atoms with Crippen LogP contribution in [0.25, 0.3) is 0 Å². The number of methoxy groups -OCH3 is 2. The van der Waals surface area contributed by atoms with Crippen molar-refractivity contribution in [3.05, 3.63) is 0 Å². The van der Waals surface area contributed by atoms with Crippen LogP contribution in [-0.4, -0.2) is 76.0 Å². The van der Waals surface area contributed by atoms with Crippen LogP contribution in [0.3, 0.4) is 0 Å². The molecule has 0 aromatic rings. The van der Waals surface area contributed by atoms with Gasteiger partial charge in [0.05, 0.1) is 27.4 Å². The molecule has 0 aliphatic rings. The van der Waals surface area contributed by atoms with Crippen molar-refractivity contribution in [3.63, 3.8) is 0 Å². The molecule has 0 spiro atoms. The predicted octanol–water partition coefficient (Wildman–Crippen LogP) is 3.75. The highest BCUT2D eigenvalue weighted by Crippen LogP contribution is 2.07. The van der Waals surface area contributed by atoms with Gasteiger partial charge in [0, 0.05) is 6.61 Å². The maximum absolute atomic E-state index is 10.8. The first-order valence-electron chi connectivity index (χ1n) is 10.4. The number of carbonyl (C=O) groups is 2. The van der Waals surface area contributed by atoms with Crippen molar-refractivity contribution < 1.29 is 33.6 Å². The van der Waals surface area contributed by atoms with E-state index >= 15 is 0 Å². The molecule has 0 unspecified atom stereocenters. The summed E-state index contributed by atoms with van der Waals surface area (Å²) in [4.78, 5) is 24.2. The second kappa shape index (κ2) is 20.2. The van der Waals surface area contributed by atoms with E-state index in [0.717, 1.165) is 83.8 Å². The molecule has 0 amide bonds. The first-order valence-corrected chi connectivity index (χ1v) is 10.4. The summed E-state index contributed by atoms with van der Waals surface area (Å²) in [5, 5.41) is 8.98. The molecule has 0 aromatic heterocycles. The minimum Gasteiger partial charge on any atom is -0.438 e. The molecular weight excluding hydrogens is 366 g/mol. The highest BCUT2D eigenvalue weighted by atomic mass is 16.7. The first-order chi connectivity index (χ1) is 13.6. The van der Waals surface area contributed by atoms with E-state index in [4.69, 9.17) is 14.6 Å². The van der Waals surface area contributed by atoms with Gasteiger partial charge in [0.1, 0.15) is 0 Å². The van der Waals surface area contributed by atoms with Gasteiger partial charge >= 0.3 is 12.3 Å². The van der Waals surface area contributed by atoms with E-state index < -0.39 is 12.3 Å². The molecule has 1 N–H and O–H groups in total. The lowest BCUT2D eigenvalue weighted by atomic mass is 10.1. The van der Waals surface area contributed by atoms with Gasteiger partial charge in [0.15, 0.2) is 0 Å². The largest absolute Gasteiger partial charge is 0.507 e. The Morgan fingerprint density at radius 1 is 0.643 bits per heavy atom. The van der Waals surface area contributed by atoms with E-state index in [-0.39, 0.29) is 6.61 Å². The van der Waals surface area contributed by atoms with Crippen LogP contribution >= 0.6 is 0 Å². The van der Waals surface area contributed by atoms with E-state index in [2.05, 4.69) is 14.4 Å². The lowest BCUT2D eigenvalue weighted by molar-refractivity contribution is 0.0704. The average molecular weight is 406 g/mol. The number of nitrogens with zero attached hydrogens (tertiary/aromatic N) is 1. The van der Waals surface area contributed by atoms with E-state index in [0.29, 0.717) is 13.2 Å². The second-order valence-electron chi connectivity index (χ2n) is 6.71. The molecule has 0 aliphatic carbocycles. The third-order valence-corrected chi connectivity index (χ3v) is 4.39. The molecule has 0 saturated carbocycles. The Morgan fingerprint density at radius 3 is 1.43 bits per heavy atom. The van der Waals surface area contributed by atoms with Gasteiger partial charge in [-0.25, -0.2) is 9.59 Å². The first kappa shape index (κ1) is 26.5. The third-order valence-electron chi connectivity index (χ3n) is 4.39. The van der Waals surface area contributed by atoms with E-state index in [1.165, 1.54) is 14.2 Å². The zero-order valence-electron chi connectivity index (χ0n) is 17.7. The summed E-state index contributed by atoms with van der Waals surface area (Å²) in [6, 6.07) is 0. The Balaban J connectivity index is 3.75. The molecule has 8 nitrogen and oxygen atoms in total. The smallest absolute Gasteiger partial charge is 0.438 e. The monoisotopic (exact) mass is 405 g/mol. The maximum Gasteiger partial charge on any atom is 0.507 e. The molecule has 0 saturated heterocycles. The predicted molar refractivity (Wildman–Crippen MR) is 106 cm³/mol. The molecule has 0 bridgehead atoms. The molecule has 28 heavy (non-hydrogen) atoms. The van der Waals surface area contributed by atoms with Crippen LogP contribution in [0.4, 0.5) is 9.59 Å². The molecule has 0 radical (unpaired) electrons. The van der Waals surface area contributed by atoms with Crippen molar-refractivity contribution in [2.45, 2.75) is 64.2 Å². The number of hydrogen-bond donors (Lipinski definition) is 1. The SMILES string of the molecule is COC(=O)OCCCCCCN(CCCCO)CCCCCCOC(=O)OC. The average Bonchev–Trinajstić information content (AvgIpc) is 2.71. The minimum atomic E-state index is -0.619. The van der Waals surface area contributed by atoms with Crippen molar-refractivity contribution in [1.29, 1.82) is 0 Å². The Labute approximate surface area is 169 Å². The van der Waals surface area contributed by atoms with E-state index in [1.807, 2.05) is 0 Å². The second-order valence-corrected chi connectivity index (χ2v) is 6.71. The number of carbonyl (C=O) groups excluding carboxylic acids is 2. The van der Waals surface area contributed by atoms with E-state index in [9.17, 15) is 9.59 Å². The number of ether oxygens (including phenoxy) is 4. The number of unbranched alkanes of at least 4 members (excludes halogenated alkanes) is 7. The number of aliphatic hydroxyl groups is 1. The summed E-state index contributed by atoms with van der Waals surface area (Å²) < 4.78 is 18.6. The molecule has 166 valence electrons. The highest BCUT2D eigenvalue weighted by Gasteiger charge is 2.06. The van der Waals surface area contributed by atoms with Gasteiger partial charge in [-0.2, -0.15) is 0 Å². The summed E-state index contributed by atoms with van der Waals surface area (Å²) >= 11 is 0. The summed E-state index contributed by atoms with van der Waals surface area (Å²) in [5.41, 5.74) is 0. The normalized spacial score (nSPS) is 10.7. The fraction of sp³-hybridized carbons (Fsp3) is 0.900. The molecular formula is C20H39NO7. The van der Waals surface area contributed by atoms with Crippen molar-refractivity contribution in [3.8, 4) is 0 Å². The summed E-state index contributed by atoms with van der Waals surface area (Å²) in [6.07, 6.45) is 8.82. The van der Waals surface area contributed by atoms with Gasteiger partial charge in [-0.15, -0.1) is 0 Å². The molecule has 0 atom stereocenters. The van der Waals surface area contributed by atoms with Gasteiger partial charge < -0.3 is 29.0 Å². The van der Waals surface area contributed by atoms with Gasteiger partial charge in [0.2, 0.25) is 0 Å². The van der Waals surface area contributed by atoms with Crippen LogP contribution in [0.5, 0.6) is 0 Å². The summed E-state index contributed by atoms with van der Waals surface area (Å²) in [5.74, 6) is 0. The van der Waals surface area contributed by atoms with Gasteiger partial charge in [-0.3, -0.25) is 0 Å². The van der Waals surface area contributed by atoms with Crippen LogP contribution in [0.1, 0.15) is 64.2 Å². The van der Waals surface area contributed by atoms with Crippen molar-refractivity contribution in [2.24, 2.45) is 0 Å². The van der Waals surface area contributed by atoms with Crippen LogP contribution in [0.2, 0.25) is 0 Å².